The van der Waals surface area contributed by atoms with E-state index in [9.17, 15) is 0 Å². The van der Waals surface area contributed by atoms with Crippen molar-refractivity contribution in [3.8, 4) is 28.4 Å². The van der Waals surface area contributed by atoms with E-state index in [-0.39, 0.29) is 27.1 Å². The Morgan fingerprint density at radius 1 is 0.423 bits per heavy atom. The molecule has 0 aliphatic carbocycles. The van der Waals surface area contributed by atoms with Gasteiger partial charge in [0.1, 0.15) is 24.0 Å². The van der Waals surface area contributed by atoms with Crippen LogP contribution in [0.4, 0.5) is 22.7 Å². The highest BCUT2D eigenvalue weighted by atomic mass is 16.5. The van der Waals surface area contributed by atoms with Crippen molar-refractivity contribution in [3.63, 3.8) is 0 Å². The second-order valence-corrected chi connectivity index (χ2v) is 27.5. The van der Waals surface area contributed by atoms with Gasteiger partial charge < -0.3 is 14.5 Å². The Bertz CT molecular complexity index is 3650. The molecular formula is C73H84N4O. The quantitative estimate of drug-likeness (QED) is 0.137. The summed E-state index contributed by atoms with van der Waals surface area (Å²) in [5, 5.41) is 2.37. The Morgan fingerprint density at radius 3 is 1.63 bits per heavy atom. The predicted octanol–water partition coefficient (Wildman–Crippen LogP) is 20.6. The average Bonchev–Trinajstić information content (AvgIpc) is 4.00. The summed E-state index contributed by atoms with van der Waals surface area (Å²) in [6.07, 6.45) is 1.96. The molecule has 0 saturated carbocycles. The molecular weight excluding hydrogens is 949 g/mol. The molecule has 0 amide bonds. The Balaban J connectivity index is 1.19. The minimum atomic E-state index is -0.366. The van der Waals surface area contributed by atoms with Crippen LogP contribution in [0.2, 0.25) is 0 Å². The molecule has 0 saturated heterocycles. The van der Waals surface area contributed by atoms with E-state index in [2.05, 4.69) is 291 Å². The van der Waals surface area contributed by atoms with Crippen LogP contribution in [0.3, 0.4) is 0 Å². The van der Waals surface area contributed by atoms with E-state index in [1.807, 2.05) is 6.20 Å². The third kappa shape index (κ3) is 10.3. The maximum absolute atomic E-state index is 7.31. The van der Waals surface area contributed by atoms with Crippen LogP contribution in [-0.4, -0.2) is 16.2 Å². The van der Waals surface area contributed by atoms with Gasteiger partial charge in [-0.3, -0.25) is 4.57 Å². The molecule has 0 unspecified atom stereocenters. The predicted molar refractivity (Wildman–Crippen MR) is 334 cm³/mol. The zero-order chi connectivity index (χ0) is 56.0. The molecule has 0 radical (unpaired) electrons. The van der Waals surface area contributed by atoms with E-state index >= 15 is 0 Å². The highest BCUT2D eigenvalue weighted by Gasteiger charge is 2.34. The van der Waals surface area contributed by atoms with E-state index in [1.165, 1.54) is 83.5 Å². The Hall–Kier alpha value is -7.11. The Labute approximate surface area is 467 Å². The number of hydrogen-bond acceptors (Lipinski definition) is 4. The molecule has 1 aliphatic heterocycles. The highest BCUT2D eigenvalue weighted by Crippen LogP contribution is 2.51. The van der Waals surface area contributed by atoms with E-state index in [4.69, 9.17) is 9.72 Å². The van der Waals surface area contributed by atoms with Crippen molar-refractivity contribution in [2.24, 2.45) is 0 Å². The second-order valence-electron chi connectivity index (χ2n) is 27.5. The highest BCUT2D eigenvalue weighted by molar-refractivity contribution is 6.10. The molecule has 10 rings (SSSR count). The topological polar surface area (TPSA) is 33.5 Å². The van der Waals surface area contributed by atoms with Gasteiger partial charge in [-0.2, -0.15) is 0 Å². The SMILES string of the molecule is CC(C)c1cccc(C(C)C)c1-c1ccc2c(c1)N(c1cc(Oc3ccc4c5cc(C(C)(C)C)ccc5n(-c5cc(C(C)(C)C)ccn5)c4c3)cc(C(C)(C)c3ccccc3)c1)CN2c1cc(C(C)(C)C)cc(C(C)(C)C)c1. The van der Waals surface area contributed by atoms with Crippen molar-refractivity contribution in [1.82, 2.24) is 9.55 Å². The van der Waals surface area contributed by atoms with Crippen LogP contribution < -0.4 is 14.5 Å². The summed E-state index contributed by atoms with van der Waals surface area (Å²) in [5.74, 6) is 3.16. The lowest BCUT2D eigenvalue weighted by molar-refractivity contribution is 0.480. The summed E-state index contributed by atoms with van der Waals surface area (Å²) in [4.78, 5) is 10.1. The largest absolute Gasteiger partial charge is 0.457 e. The molecule has 9 aromatic rings. The summed E-state index contributed by atoms with van der Waals surface area (Å²) >= 11 is 0. The number of fused-ring (bicyclic) bond motifs is 4. The fourth-order valence-corrected chi connectivity index (χ4v) is 11.5. The number of anilines is 4. The van der Waals surface area contributed by atoms with Crippen LogP contribution in [0.25, 0.3) is 38.8 Å². The van der Waals surface area contributed by atoms with Gasteiger partial charge in [0.2, 0.25) is 0 Å². The van der Waals surface area contributed by atoms with Gasteiger partial charge in [-0.25, -0.2) is 4.98 Å². The third-order valence-corrected chi connectivity index (χ3v) is 16.6. The standard InChI is InChI=1S/C73H84N4O/c1-46(2)59-25-22-26-60(47(3)4)68(59)48-27-31-64-66(35-48)76(45-75(64)55-37-52(71(11,12)13)36-53(38-55)72(14,15)16)56-39-54(73(17,18)49-23-20-19-21-24-49)40-58(43-56)78-57-29-30-61-62-41-50(69(5,6)7)28-32-63(62)77(65(61)44-57)67-42-51(33-34-74-67)70(8,9)10/h19-44,46-47H,45H2,1-18H3. The minimum absolute atomic E-state index is 0.0117. The molecule has 0 bridgehead atoms. The lowest BCUT2D eigenvalue weighted by Gasteiger charge is -2.30. The van der Waals surface area contributed by atoms with Gasteiger partial charge in [0, 0.05) is 45.9 Å². The van der Waals surface area contributed by atoms with E-state index in [1.54, 1.807) is 0 Å². The van der Waals surface area contributed by atoms with Crippen LogP contribution in [0.15, 0.2) is 158 Å². The first-order valence-corrected chi connectivity index (χ1v) is 28.5. The monoisotopic (exact) mass is 1030 g/mol. The maximum Gasteiger partial charge on any atom is 0.137 e. The maximum atomic E-state index is 7.31. The number of rotatable bonds is 10. The van der Waals surface area contributed by atoms with Crippen LogP contribution in [0.5, 0.6) is 11.5 Å². The molecule has 0 spiro atoms. The fourth-order valence-electron chi connectivity index (χ4n) is 11.5. The van der Waals surface area contributed by atoms with E-state index < -0.39 is 0 Å². The molecule has 2 aromatic heterocycles. The molecule has 1 aliphatic rings. The molecule has 3 heterocycles. The number of nitrogens with zero attached hydrogens (tertiary/aromatic N) is 4. The zero-order valence-corrected chi connectivity index (χ0v) is 50.1. The van der Waals surface area contributed by atoms with Gasteiger partial charge in [0.15, 0.2) is 0 Å². The van der Waals surface area contributed by atoms with Gasteiger partial charge in [-0.05, 0) is 162 Å². The average molecular weight is 1030 g/mol. The summed E-state index contributed by atoms with van der Waals surface area (Å²) in [6.45, 7) is 42.2. The van der Waals surface area contributed by atoms with Crippen molar-refractivity contribution in [1.29, 1.82) is 0 Å². The molecule has 0 atom stereocenters. The Morgan fingerprint density at radius 2 is 1.01 bits per heavy atom. The van der Waals surface area contributed by atoms with Crippen molar-refractivity contribution >= 4 is 44.6 Å². The molecule has 5 nitrogen and oxygen atoms in total. The van der Waals surface area contributed by atoms with Gasteiger partial charge >= 0.3 is 0 Å². The van der Waals surface area contributed by atoms with Crippen molar-refractivity contribution in [3.05, 3.63) is 202 Å². The van der Waals surface area contributed by atoms with Gasteiger partial charge in [-0.15, -0.1) is 0 Å². The van der Waals surface area contributed by atoms with E-state index in [0.29, 0.717) is 18.5 Å². The van der Waals surface area contributed by atoms with E-state index in [0.717, 1.165) is 34.0 Å². The second kappa shape index (κ2) is 19.7. The smallest absolute Gasteiger partial charge is 0.137 e. The first-order chi connectivity index (χ1) is 36.6. The normalized spacial score (nSPS) is 13.6. The van der Waals surface area contributed by atoms with Crippen molar-refractivity contribution in [2.75, 3.05) is 16.5 Å². The Kier molecular flexibility index (Phi) is 13.7. The minimum Gasteiger partial charge on any atom is -0.457 e. The summed E-state index contributed by atoms with van der Waals surface area (Å²) in [7, 11) is 0. The molecule has 78 heavy (non-hydrogen) atoms. The molecule has 7 aromatic carbocycles. The lowest BCUT2D eigenvalue weighted by Crippen LogP contribution is -2.26. The van der Waals surface area contributed by atoms with Gasteiger partial charge in [0.25, 0.3) is 0 Å². The molecule has 0 N–H and O–H groups in total. The zero-order valence-electron chi connectivity index (χ0n) is 50.1. The van der Waals surface area contributed by atoms with Gasteiger partial charge in [0.05, 0.1) is 22.4 Å². The first-order valence-electron chi connectivity index (χ1n) is 28.5. The summed E-state index contributed by atoms with van der Waals surface area (Å²) in [6, 6.07) is 57.2. The number of pyridine rings is 1. The first kappa shape index (κ1) is 54.3. The van der Waals surface area contributed by atoms with Crippen LogP contribution in [0, 0.1) is 0 Å². The number of aromatic nitrogens is 2. The summed E-state index contributed by atoms with van der Waals surface area (Å²) < 4.78 is 9.64. The molecule has 402 valence electrons. The van der Waals surface area contributed by atoms with Crippen LogP contribution in [0.1, 0.15) is 181 Å². The number of hydrogen-bond donors (Lipinski definition) is 0. The van der Waals surface area contributed by atoms with Crippen molar-refractivity contribution in [2.45, 2.75) is 164 Å². The number of benzene rings is 7. The van der Waals surface area contributed by atoms with Crippen LogP contribution >= 0.6 is 0 Å². The summed E-state index contributed by atoms with van der Waals surface area (Å²) in [5.41, 5.74) is 19.3. The lowest BCUT2D eigenvalue weighted by atomic mass is 9.78. The number of ether oxygens (including phenoxy) is 1. The van der Waals surface area contributed by atoms with Crippen molar-refractivity contribution < 1.29 is 4.74 Å². The molecule has 0 fully saturated rings. The van der Waals surface area contributed by atoms with Crippen LogP contribution in [-0.2, 0) is 27.1 Å². The third-order valence-electron chi connectivity index (χ3n) is 16.6. The van der Waals surface area contributed by atoms with Gasteiger partial charge in [-0.1, -0.05) is 191 Å². The fraction of sp³-hybridized carbons (Fsp3) is 0.356. The molecule has 5 heteroatoms.